The van der Waals surface area contributed by atoms with E-state index in [2.05, 4.69) is 10.3 Å². The second kappa shape index (κ2) is 9.94. The van der Waals surface area contributed by atoms with Crippen LogP contribution in [0.3, 0.4) is 0 Å². The van der Waals surface area contributed by atoms with E-state index in [-0.39, 0.29) is 23.7 Å². The van der Waals surface area contributed by atoms with Crippen molar-refractivity contribution in [1.82, 2.24) is 4.98 Å². The molecule has 2 heterocycles. The summed E-state index contributed by atoms with van der Waals surface area (Å²) in [5, 5.41) is 3.93. The molecule has 2 N–H and O–H groups in total. The minimum atomic E-state index is -4.50. The molecule has 0 bridgehead atoms. The normalized spacial score (nSPS) is 16.1. The summed E-state index contributed by atoms with van der Waals surface area (Å²) in [5.41, 5.74) is 1.62. The highest BCUT2D eigenvalue weighted by Crippen LogP contribution is 2.37. The van der Waals surface area contributed by atoms with Gasteiger partial charge in [0.1, 0.15) is 5.69 Å². The van der Waals surface area contributed by atoms with E-state index in [4.69, 9.17) is 11.6 Å². The summed E-state index contributed by atoms with van der Waals surface area (Å²) < 4.78 is 39.3. The lowest BCUT2D eigenvalue weighted by molar-refractivity contribution is -0.137. The summed E-state index contributed by atoms with van der Waals surface area (Å²) in [6.45, 7) is 0.808. The van der Waals surface area contributed by atoms with Crippen molar-refractivity contribution in [2.45, 2.75) is 19.0 Å². The molecule has 3 aromatic carbocycles. The van der Waals surface area contributed by atoms with Crippen LogP contribution in [-0.2, 0) is 11.0 Å². The van der Waals surface area contributed by atoms with E-state index >= 15 is 0 Å². The van der Waals surface area contributed by atoms with E-state index < -0.39 is 17.7 Å². The highest BCUT2D eigenvalue weighted by Gasteiger charge is 2.32. The van der Waals surface area contributed by atoms with Gasteiger partial charge in [0.05, 0.1) is 11.5 Å². The molecule has 37 heavy (non-hydrogen) atoms. The lowest BCUT2D eigenvalue weighted by Gasteiger charge is -2.34. The zero-order chi connectivity index (χ0) is 26.2. The van der Waals surface area contributed by atoms with Gasteiger partial charge in [-0.3, -0.25) is 9.59 Å². The number of carbonyl (C=O) groups is 1. The molecule has 1 aliphatic rings. The molecule has 5 nitrogen and oxygen atoms in total. The third-order valence-electron chi connectivity index (χ3n) is 6.58. The molecular formula is C28H23ClF3N3O2. The van der Waals surface area contributed by atoms with Crippen molar-refractivity contribution in [3.8, 4) is 11.1 Å². The second-order valence-corrected chi connectivity index (χ2v) is 9.52. The van der Waals surface area contributed by atoms with Gasteiger partial charge in [0.2, 0.25) is 5.91 Å². The lowest BCUT2D eigenvalue weighted by atomic mass is 9.93. The highest BCUT2D eigenvalue weighted by molar-refractivity contribution is 6.31. The molecule has 1 atom stereocenters. The zero-order valence-electron chi connectivity index (χ0n) is 19.6. The third-order valence-corrected chi connectivity index (χ3v) is 6.81. The highest BCUT2D eigenvalue weighted by atomic mass is 35.5. The SMILES string of the molecule is O=C(Nc1cccc(C(F)(F)F)c1)[C@H]1CCCN(c2c(-c3ccccc3)c3cc(Cl)ccc3[nH]c2=O)C1. The predicted molar refractivity (Wildman–Crippen MR) is 140 cm³/mol. The average Bonchev–Trinajstić information content (AvgIpc) is 2.88. The molecular weight excluding hydrogens is 503 g/mol. The first kappa shape index (κ1) is 24.9. The number of aromatic amines is 1. The van der Waals surface area contributed by atoms with Crippen LogP contribution in [0, 0.1) is 5.92 Å². The van der Waals surface area contributed by atoms with Crippen LogP contribution in [0.25, 0.3) is 22.0 Å². The first-order chi connectivity index (χ1) is 17.7. The van der Waals surface area contributed by atoms with Gasteiger partial charge < -0.3 is 15.2 Å². The Hall–Kier alpha value is -3.78. The number of aromatic nitrogens is 1. The number of halogens is 4. The Morgan fingerprint density at radius 3 is 2.57 bits per heavy atom. The molecule has 0 spiro atoms. The number of benzene rings is 3. The Balaban J connectivity index is 1.49. The Kier molecular flexibility index (Phi) is 6.69. The van der Waals surface area contributed by atoms with E-state index in [1.54, 1.807) is 18.2 Å². The van der Waals surface area contributed by atoms with Gasteiger partial charge in [-0.2, -0.15) is 13.2 Å². The number of amides is 1. The van der Waals surface area contributed by atoms with Crippen LogP contribution in [0.5, 0.6) is 0 Å². The van der Waals surface area contributed by atoms with Gasteiger partial charge in [0.15, 0.2) is 0 Å². The van der Waals surface area contributed by atoms with Crippen LogP contribution in [0.4, 0.5) is 24.5 Å². The summed E-state index contributed by atoms with van der Waals surface area (Å²) in [4.78, 5) is 31.3. The fourth-order valence-corrected chi connectivity index (χ4v) is 5.04. The largest absolute Gasteiger partial charge is 0.416 e. The molecule has 1 aliphatic heterocycles. The fourth-order valence-electron chi connectivity index (χ4n) is 4.87. The van der Waals surface area contributed by atoms with Crippen LogP contribution in [0.2, 0.25) is 5.02 Å². The molecule has 1 fully saturated rings. The Labute approximate surface area is 215 Å². The van der Waals surface area contributed by atoms with Gasteiger partial charge in [-0.1, -0.05) is 48.0 Å². The maximum absolute atomic E-state index is 13.4. The third kappa shape index (κ3) is 5.20. The van der Waals surface area contributed by atoms with Crippen molar-refractivity contribution < 1.29 is 18.0 Å². The van der Waals surface area contributed by atoms with Gasteiger partial charge in [-0.05, 0) is 54.8 Å². The molecule has 5 rings (SSSR count). The molecule has 0 saturated carbocycles. The van der Waals surface area contributed by atoms with Gasteiger partial charge in [-0.15, -0.1) is 0 Å². The number of piperidine rings is 1. The zero-order valence-corrected chi connectivity index (χ0v) is 20.4. The monoisotopic (exact) mass is 525 g/mol. The molecule has 0 aliphatic carbocycles. The first-order valence-electron chi connectivity index (χ1n) is 11.8. The molecule has 4 aromatic rings. The molecule has 1 amide bonds. The Morgan fingerprint density at radius 1 is 1.03 bits per heavy atom. The number of fused-ring (bicyclic) bond motifs is 1. The summed E-state index contributed by atoms with van der Waals surface area (Å²) in [7, 11) is 0. The van der Waals surface area contributed by atoms with Gasteiger partial charge >= 0.3 is 6.18 Å². The summed E-state index contributed by atoms with van der Waals surface area (Å²) in [6, 6.07) is 19.3. The maximum Gasteiger partial charge on any atom is 0.416 e. The standard InChI is InChI=1S/C28H23ClF3N3O2/c29-20-11-12-23-22(15-20)24(17-6-2-1-3-7-17)25(27(37)34-23)35-13-5-8-18(16-35)26(36)33-21-10-4-9-19(14-21)28(30,31)32/h1-4,6-7,9-12,14-15,18H,5,8,13,16H2,(H,33,36)(H,34,37)/t18-/m0/s1. The average molecular weight is 526 g/mol. The maximum atomic E-state index is 13.4. The van der Waals surface area contributed by atoms with E-state index in [1.807, 2.05) is 35.2 Å². The van der Waals surface area contributed by atoms with E-state index in [9.17, 15) is 22.8 Å². The molecule has 0 radical (unpaired) electrons. The van der Waals surface area contributed by atoms with Crippen molar-refractivity contribution in [3.63, 3.8) is 0 Å². The first-order valence-corrected chi connectivity index (χ1v) is 12.2. The van der Waals surface area contributed by atoms with Crippen molar-refractivity contribution >= 4 is 39.8 Å². The summed E-state index contributed by atoms with van der Waals surface area (Å²) in [5.74, 6) is -0.896. The molecule has 9 heteroatoms. The number of nitrogens with one attached hydrogen (secondary N) is 2. The number of anilines is 2. The minimum Gasteiger partial charge on any atom is -0.366 e. The van der Waals surface area contributed by atoms with E-state index in [1.165, 1.54) is 12.1 Å². The topological polar surface area (TPSA) is 65.2 Å². The molecule has 0 unspecified atom stereocenters. The van der Waals surface area contributed by atoms with Crippen LogP contribution < -0.4 is 15.8 Å². The molecule has 190 valence electrons. The van der Waals surface area contributed by atoms with Crippen molar-refractivity contribution in [2.75, 3.05) is 23.3 Å². The number of pyridine rings is 1. The van der Waals surface area contributed by atoms with Crippen molar-refractivity contribution in [1.29, 1.82) is 0 Å². The predicted octanol–water partition coefficient (Wildman–Crippen LogP) is 6.72. The molecule has 1 saturated heterocycles. The number of rotatable bonds is 4. The lowest BCUT2D eigenvalue weighted by Crippen LogP contribution is -2.43. The van der Waals surface area contributed by atoms with Crippen molar-refractivity contribution in [2.24, 2.45) is 5.92 Å². The number of H-pyrrole nitrogens is 1. The molecule has 1 aromatic heterocycles. The quantitative estimate of drug-likeness (QED) is 0.311. The van der Waals surface area contributed by atoms with Crippen LogP contribution >= 0.6 is 11.6 Å². The van der Waals surface area contributed by atoms with Crippen molar-refractivity contribution in [3.05, 3.63) is 93.7 Å². The smallest absolute Gasteiger partial charge is 0.366 e. The number of carbonyl (C=O) groups excluding carboxylic acids is 1. The Bertz CT molecular complexity index is 1520. The fraction of sp³-hybridized carbons (Fsp3) is 0.214. The Morgan fingerprint density at radius 2 is 1.81 bits per heavy atom. The summed E-state index contributed by atoms with van der Waals surface area (Å²) >= 11 is 6.31. The number of hydrogen-bond donors (Lipinski definition) is 2. The minimum absolute atomic E-state index is 0.0834. The van der Waals surface area contributed by atoms with E-state index in [0.717, 1.165) is 28.6 Å². The number of alkyl halides is 3. The number of nitrogens with zero attached hydrogens (tertiary/aromatic N) is 1. The van der Waals surface area contributed by atoms with E-state index in [0.29, 0.717) is 35.6 Å². The van der Waals surface area contributed by atoms with Gasteiger partial charge in [-0.25, -0.2) is 0 Å². The van der Waals surface area contributed by atoms with Gasteiger partial charge in [0, 0.05) is 40.3 Å². The second-order valence-electron chi connectivity index (χ2n) is 9.09. The number of hydrogen-bond acceptors (Lipinski definition) is 3. The summed E-state index contributed by atoms with van der Waals surface area (Å²) in [6.07, 6.45) is -3.31. The van der Waals surface area contributed by atoms with Crippen LogP contribution in [0.1, 0.15) is 18.4 Å². The van der Waals surface area contributed by atoms with Crippen LogP contribution in [-0.4, -0.2) is 24.0 Å². The van der Waals surface area contributed by atoms with Crippen LogP contribution in [0.15, 0.2) is 77.6 Å². The van der Waals surface area contributed by atoms with Gasteiger partial charge in [0.25, 0.3) is 5.56 Å².